The number of hydrogen-bond donors (Lipinski definition) is 0. The third kappa shape index (κ3) is 2.45. The zero-order valence-corrected chi connectivity index (χ0v) is 17.8. The Morgan fingerprint density at radius 1 is 0.667 bits per heavy atom. The van der Waals surface area contributed by atoms with E-state index in [4.69, 9.17) is 4.74 Å². The van der Waals surface area contributed by atoms with E-state index in [1.54, 1.807) is 5.57 Å². The Morgan fingerprint density at radius 2 is 1.30 bits per heavy atom. The van der Waals surface area contributed by atoms with E-state index in [0.29, 0.717) is 6.10 Å². The van der Waals surface area contributed by atoms with Crippen LogP contribution in [0, 0.1) is 65.1 Å². The van der Waals surface area contributed by atoms with E-state index in [0.717, 1.165) is 71.7 Å². The molecule has 12 unspecified atom stereocenters. The SMILES string of the molecule is CC(C)=CC1CCC2CCC3COC4CCC5CCC(C)C6C1C2C3C4C56. The molecule has 1 saturated heterocycles. The van der Waals surface area contributed by atoms with Crippen molar-refractivity contribution in [2.75, 3.05) is 6.61 Å². The van der Waals surface area contributed by atoms with Gasteiger partial charge in [0.1, 0.15) is 0 Å². The van der Waals surface area contributed by atoms with Gasteiger partial charge in [0.05, 0.1) is 12.7 Å². The minimum Gasteiger partial charge on any atom is -0.378 e. The van der Waals surface area contributed by atoms with Crippen LogP contribution in [0.5, 0.6) is 0 Å². The maximum absolute atomic E-state index is 6.61. The molecule has 1 nitrogen and oxygen atoms in total. The average Bonchev–Trinajstić information content (AvgIpc) is 2.67. The zero-order valence-electron chi connectivity index (χ0n) is 17.8. The van der Waals surface area contributed by atoms with Crippen molar-refractivity contribution in [1.82, 2.24) is 0 Å². The van der Waals surface area contributed by atoms with E-state index in [1.165, 1.54) is 51.4 Å². The van der Waals surface area contributed by atoms with Gasteiger partial charge in [0.25, 0.3) is 0 Å². The lowest BCUT2D eigenvalue weighted by Gasteiger charge is -2.69. The average molecular weight is 369 g/mol. The van der Waals surface area contributed by atoms with Crippen LogP contribution in [0.4, 0.5) is 0 Å². The van der Waals surface area contributed by atoms with Crippen LogP contribution in [-0.4, -0.2) is 12.7 Å². The molecule has 5 saturated carbocycles. The van der Waals surface area contributed by atoms with Gasteiger partial charge in [-0.25, -0.2) is 0 Å². The van der Waals surface area contributed by atoms with Gasteiger partial charge >= 0.3 is 0 Å². The van der Waals surface area contributed by atoms with Crippen molar-refractivity contribution >= 4 is 0 Å². The van der Waals surface area contributed by atoms with Crippen molar-refractivity contribution in [3.05, 3.63) is 11.6 Å². The fraction of sp³-hybridized carbons (Fsp3) is 0.923. The zero-order chi connectivity index (χ0) is 18.3. The predicted molar refractivity (Wildman–Crippen MR) is 110 cm³/mol. The first-order chi connectivity index (χ1) is 13.1. The molecule has 0 radical (unpaired) electrons. The minimum absolute atomic E-state index is 0.629. The van der Waals surface area contributed by atoms with Gasteiger partial charge in [-0.05, 0) is 124 Å². The summed E-state index contributed by atoms with van der Waals surface area (Å²) in [4.78, 5) is 0. The summed E-state index contributed by atoms with van der Waals surface area (Å²) in [6.07, 6.45) is 15.2. The van der Waals surface area contributed by atoms with Crippen LogP contribution in [-0.2, 0) is 4.74 Å². The number of rotatable bonds is 1. The molecule has 6 fully saturated rings. The Morgan fingerprint density at radius 3 is 2.11 bits per heavy atom. The molecule has 6 aliphatic rings. The van der Waals surface area contributed by atoms with E-state index >= 15 is 0 Å². The fourth-order valence-corrected chi connectivity index (χ4v) is 10.0. The Bertz CT molecular complexity index is 595. The van der Waals surface area contributed by atoms with Crippen LogP contribution in [0.1, 0.15) is 72.1 Å². The van der Waals surface area contributed by atoms with Crippen LogP contribution in [0.3, 0.4) is 0 Å². The highest BCUT2D eigenvalue weighted by Crippen LogP contribution is 2.69. The molecular weight excluding hydrogens is 328 g/mol. The van der Waals surface area contributed by atoms with Crippen LogP contribution in [0.2, 0.25) is 0 Å². The molecule has 1 aliphatic heterocycles. The third-order valence-electron chi connectivity index (χ3n) is 10.5. The maximum Gasteiger partial charge on any atom is 0.0609 e. The lowest BCUT2D eigenvalue weighted by atomic mass is 9.37. The van der Waals surface area contributed by atoms with Crippen molar-refractivity contribution in [3.8, 4) is 0 Å². The van der Waals surface area contributed by atoms with Gasteiger partial charge in [-0.3, -0.25) is 0 Å². The Kier molecular flexibility index (Phi) is 4.13. The van der Waals surface area contributed by atoms with Crippen molar-refractivity contribution in [2.24, 2.45) is 65.1 Å². The van der Waals surface area contributed by atoms with Crippen molar-refractivity contribution in [1.29, 1.82) is 0 Å². The fourth-order valence-electron chi connectivity index (χ4n) is 10.0. The van der Waals surface area contributed by atoms with Crippen molar-refractivity contribution < 1.29 is 4.74 Å². The van der Waals surface area contributed by atoms with Gasteiger partial charge in [-0.15, -0.1) is 0 Å². The monoisotopic (exact) mass is 368 g/mol. The highest BCUT2D eigenvalue weighted by Gasteiger charge is 2.65. The van der Waals surface area contributed by atoms with Gasteiger partial charge in [-0.1, -0.05) is 25.0 Å². The standard InChI is InChI=1S/C26H40O/c1-14(2)12-18-8-6-17-7-9-19-13-27-20-11-10-16-5-4-15(3)21-22(16)26(20)25(19)23(17)24(18)21/h12,15-26H,4-11,13H2,1-3H3. The topological polar surface area (TPSA) is 9.23 Å². The molecule has 1 heterocycles. The number of allylic oxidation sites excluding steroid dienone is 2. The normalized spacial score (nSPS) is 58.2. The van der Waals surface area contributed by atoms with E-state index in [2.05, 4.69) is 26.8 Å². The molecular formula is C26H40O. The number of hydrogen-bond acceptors (Lipinski definition) is 1. The summed E-state index contributed by atoms with van der Waals surface area (Å²) in [6.45, 7) is 8.43. The van der Waals surface area contributed by atoms with Gasteiger partial charge in [0.15, 0.2) is 0 Å². The molecule has 0 bridgehead atoms. The van der Waals surface area contributed by atoms with Crippen LogP contribution in [0.25, 0.3) is 0 Å². The van der Waals surface area contributed by atoms with Gasteiger partial charge in [0, 0.05) is 0 Å². The first-order valence-electron chi connectivity index (χ1n) is 12.4. The largest absolute Gasteiger partial charge is 0.378 e. The van der Waals surface area contributed by atoms with E-state index < -0.39 is 0 Å². The molecule has 5 aliphatic carbocycles. The summed E-state index contributed by atoms with van der Waals surface area (Å²) in [6, 6.07) is 0. The molecule has 0 amide bonds. The summed E-state index contributed by atoms with van der Waals surface area (Å²) in [7, 11) is 0. The van der Waals surface area contributed by atoms with Crippen LogP contribution in [0.15, 0.2) is 11.6 Å². The lowest BCUT2D eigenvalue weighted by molar-refractivity contribution is -0.251. The summed E-state index contributed by atoms with van der Waals surface area (Å²) in [5, 5.41) is 0. The molecule has 27 heavy (non-hydrogen) atoms. The molecule has 1 heteroatoms. The third-order valence-corrected chi connectivity index (χ3v) is 10.5. The quantitative estimate of drug-likeness (QED) is 0.491. The molecule has 0 spiro atoms. The predicted octanol–water partition coefficient (Wildman–Crippen LogP) is 6.34. The second kappa shape index (κ2) is 6.35. The lowest BCUT2D eigenvalue weighted by Crippen LogP contribution is -2.66. The molecule has 0 aromatic rings. The highest BCUT2D eigenvalue weighted by molar-refractivity contribution is 5.15. The summed E-state index contributed by atoms with van der Waals surface area (Å²) in [5.41, 5.74) is 1.57. The molecule has 6 rings (SSSR count). The summed E-state index contributed by atoms with van der Waals surface area (Å²) < 4.78 is 6.61. The molecule has 12 atom stereocenters. The second-order valence-electron chi connectivity index (χ2n) is 11.8. The van der Waals surface area contributed by atoms with E-state index in [1.807, 2.05) is 0 Å². The molecule has 0 aromatic carbocycles. The first kappa shape index (κ1) is 17.5. The van der Waals surface area contributed by atoms with E-state index in [9.17, 15) is 0 Å². The minimum atomic E-state index is 0.629. The Hall–Kier alpha value is -0.300. The maximum atomic E-state index is 6.61. The summed E-state index contributed by atoms with van der Waals surface area (Å²) >= 11 is 0. The molecule has 150 valence electrons. The number of fused-ring (bicyclic) bond motifs is 1. The Balaban J connectivity index is 1.49. The van der Waals surface area contributed by atoms with Gasteiger partial charge < -0.3 is 4.74 Å². The number of ether oxygens (including phenoxy) is 1. The summed E-state index contributed by atoms with van der Waals surface area (Å²) in [5.74, 6) is 10.8. The van der Waals surface area contributed by atoms with Crippen molar-refractivity contribution in [2.45, 2.75) is 78.2 Å². The smallest absolute Gasteiger partial charge is 0.0609 e. The highest BCUT2D eigenvalue weighted by atomic mass is 16.5. The van der Waals surface area contributed by atoms with E-state index in [-0.39, 0.29) is 0 Å². The van der Waals surface area contributed by atoms with Gasteiger partial charge in [-0.2, -0.15) is 0 Å². The Labute approximate surface area is 166 Å². The first-order valence-corrected chi connectivity index (χ1v) is 12.4. The second-order valence-corrected chi connectivity index (χ2v) is 11.8. The molecule has 0 aromatic heterocycles. The van der Waals surface area contributed by atoms with Crippen LogP contribution >= 0.6 is 0 Å². The van der Waals surface area contributed by atoms with Crippen molar-refractivity contribution in [3.63, 3.8) is 0 Å². The molecule has 0 N–H and O–H groups in total. The van der Waals surface area contributed by atoms with Gasteiger partial charge in [0.2, 0.25) is 0 Å². The van der Waals surface area contributed by atoms with Crippen LogP contribution < -0.4 is 0 Å².